The molecule has 0 unspecified atom stereocenters. The number of benzene rings is 1. The number of hydrogen-bond acceptors (Lipinski definition) is 9. The molecule has 7 nitrogen and oxygen atoms in total. The molecule has 0 saturated carbocycles. The minimum absolute atomic E-state index is 0.321. The zero-order chi connectivity index (χ0) is 19.6. The fourth-order valence-corrected chi connectivity index (χ4v) is 4.22. The lowest BCUT2D eigenvalue weighted by atomic mass is 10.2. The van der Waals surface area contributed by atoms with Crippen LogP contribution in [0.5, 0.6) is 0 Å². The minimum atomic E-state index is -0.351. The monoisotopic (exact) mass is 399 g/mol. The molecule has 9 heteroatoms. The van der Waals surface area contributed by atoms with Gasteiger partial charge in [0, 0.05) is 25.2 Å². The number of aromatic nitrogens is 1. The maximum Gasteiger partial charge on any atom is 0.348 e. The molecule has 3 aromatic rings. The first-order valence-corrected chi connectivity index (χ1v) is 9.74. The van der Waals surface area contributed by atoms with Crippen molar-refractivity contribution in [2.75, 3.05) is 25.6 Å². The van der Waals surface area contributed by atoms with Gasteiger partial charge in [-0.25, -0.2) is 4.79 Å². The van der Waals surface area contributed by atoms with Gasteiger partial charge in [0.25, 0.3) is 0 Å². The molecule has 0 fully saturated rings. The van der Waals surface area contributed by atoms with E-state index in [4.69, 9.17) is 4.74 Å². The molecular weight excluding hydrogens is 382 g/mol. The van der Waals surface area contributed by atoms with Crippen LogP contribution in [0.4, 0.5) is 16.4 Å². The first-order chi connectivity index (χ1) is 13.0. The molecule has 0 radical (unpaired) electrons. The molecule has 2 heterocycles. The standard InChI is InChI=1S/C18H17N5O2S2/c1-5-25-18(24)15-8-11-14(23(3)4)7-6-13(16(11)26-15)20-21-17-12(9-19)10(2)22-27-17/h6-8H,5H2,1-4H3. The number of nitriles is 1. The third-order valence-corrected chi connectivity index (χ3v) is 5.76. The van der Waals surface area contributed by atoms with Crippen molar-refractivity contribution in [2.45, 2.75) is 13.8 Å². The van der Waals surface area contributed by atoms with Crippen LogP contribution in [0.2, 0.25) is 0 Å². The van der Waals surface area contributed by atoms with Gasteiger partial charge in [-0.1, -0.05) is 0 Å². The number of carbonyl (C=O) groups excluding carboxylic acids is 1. The average molecular weight is 400 g/mol. The summed E-state index contributed by atoms with van der Waals surface area (Å²) in [6, 6.07) is 7.71. The van der Waals surface area contributed by atoms with Crippen LogP contribution in [0.25, 0.3) is 10.1 Å². The lowest BCUT2D eigenvalue weighted by molar-refractivity contribution is 0.0532. The Morgan fingerprint density at radius 1 is 1.37 bits per heavy atom. The zero-order valence-electron chi connectivity index (χ0n) is 15.3. The van der Waals surface area contributed by atoms with E-state index in [0.29, 0.717) is 33.4 Å². The summed E-state index contributed by atoms with van der Waals surface area (Å²) in [6.45, 7) is 3.87. The van der Waals surface area contributed by atoms with Crippen molar-refractivity contribution in [3.05, 3.63) is 34.3 Å². The molecule has 1 aromatic carbocycles. The lowest BCUT2D eigenvalue weighted by Gasteiger charge is -2.14. The van der Waals surface area contributed by atoms with E-state index in [9.17, 15) is 10.1 Å². The highest BCUT2D eigenvalue weighted by atomic mass is 32.1. The number of esters is 1. The van der Waals surface area contributed by atoms with Crippen molar-refractivity contribution in [1.82, 2.24) is 4.37 Å². The third-order valence-electron chi connectivity index (χ3n) is 3.80. The van der Waals surface area contributed by atoms with E-state index < -0.39 is 0 Å². The second-order valence-corrected chi connectivity index (χ2v) is 7.64. The Balaban J connectivity index is 2.10. The van der Waals surface area contributed by atoms with Crippen molar-refractivity contribution >= 4 is 55.3 Å². The van der Waals surface area contributed by atoms with E-state index in [1.807, 2.05) is 37.2 Å². The van der Waals surface area contributed by atoms with E-state index in [1.54, 1.807) is 13.8 Å². The number of hydrogen-bond donors (Lipinski definition) is 0. The van der Waals surface area contributed by atoms with Crippen LogP contribution in [0, 0.1) is 18.3 Å². The van der Waals surface area contributed by atoms with E-state index >= 15 is 0 Å². The van der Waals surface area contributed by atoms with Crippen LogP contribution in [0.15, 0.2) is 28.4 Å². The largest absolute Gasteiger partial charge is 0.462 e. The van der Waals surface area contributed by atoms with Crippen molar-refractivity contribution in [1.29, 1.82) is 5.26 Å². The predicted molar refractivity (Wildman–Crippen MR) is 108 cm³/mol. The second kappa shape index (κ2) is 7.82. The molecule has 0 saturated heterocycles. The number of anilines is 1. The highest BCUT2D eigenvalue weighted by Gasteiger charge is 2.17. The topological polar surface area (TPSA) is 90.9 Å². The molecule has 0 bridgehead atoms. The first-order valence-electron chi connectivity index (χ1n) is 8.15. The minimum Gasteiger partial charge on any atom is -0.462 e. The van der Waals surface area contributed by atoms with Crippen molar-refractivity contribution < 1.29 is 9.53 Å². The quantitative estimate of drug-likeness (QED) is 0.434. The van der Waals surface area contributed by atoms with Crippen molar-refractivity contribution in [2.24, 2.45) is 10.2 Å². The summed E-state index contributed by atoms with van der Waals surface area (Å²) >= 11 is 2.46. The molecule has 2 aromatic heterocycles. The van der Waals surface area contributed by atoms with Gasteiger partial charge in [0.15, 0.2) is 5.00 Å². The van der Waals surface area contributed by atoms with Gasteiger partial charge in [0.05, 0.1) is 17.0 Å². The van der Waals surface area contributed by atoms with Gasteiger partial charge >= 0.3 is 5.97 Å². The van der Waals surface area contributed by atoms with Gasteiger partial charge in [-0.2, -0.15) is 9.64 Å². The molecule has 0 spiro atoms. The Bertz CT molecular complexity index is 1080. The van der Waals surface area contributed by atoms with Gasteiger partial charge in [0.1, 0.15) is 22.2 Å². The molecule has 0 aliphatic rings. The molecule has 138 valence electrons. The number of aryl methyl sites for hydroxylation is 1. The van der Waals surface area contributed by atoms with Gasteiger partial charge in [-0.15, -0.1) is 21.6 Å². The molecule has 27 heavy (non-hydrogen) atoms. The number of thiophene rings is 1. The Morgan fingerprint density at radius 2 is 2.15 bits per heavy atom. The fraction of sp³-hybridized carbons (Fsp3) is 0.278. The molecule has 0 atom stereocenters. The number of ether oxygens (including phenoxy) is 1. The molecular formula is C18H17N5O2S2. The maximum atomic E-state index is 12.2. The summed E-state index contributed by atoms with van der Waals surface area (Å²) in [5.74, 6) is -0.351. The number of carbonyl (C=O) groups is 1. The smallest absolute Gasteiger partial charge is 0.348 e. The van der Waals surface area contributed by atoms with Crippen LogP contribution < -0.4 is 4.90 Å². The predicted octanol–water partition coefficient (Wildman–Crippen LogP) is 5.20. The average Bonchev–Trinajstić information content (AvgIpc) is 3.23. The van der Waals surface area contributed by atoms with E-state index in [-0.39, 0.29) is 5.97 Å². The van der Waals surface area contributed by atoms with E-state index in [1.165, 1.54) is 11.3 Å². The van der Waals surface area contributed by atoms with Gasteiger partial charge in [-0.3, -0.25) is 0 Å². The Labute approximate surface area is 164 Å². The number of rotatable bonds is 5. The van der Waals surface area contributed by atoms with E-state index in [0.717, 1.165) is 27.3 Å². The Morgan fingerprint density at radius 3 is 2.81 bits per heavy atom. The molecule has 0 amide bonds. The number of fused-ring (bicyclic) bond motifs is 1. The van der Waals surface area contributed by atoms with Gasteiger partial charge in [0.2, 0.25) is 0 Å². The van der Waals surface area contributed by atoms with Gasteiger partial charge < -0.3 is 9.64 Å². The first kappa shape index (κ1) is 18.9. The fourth-order valence-electron chi connectivity index (χ4n) is 2.52. The summed E-state index contributed by atoms with van der Waals surface area (Å²) in [7, 11) is 3.88. The van der Waals surface area contributed by atoms with Crippen LogP contribution in [-0.2, 0) is 4.74 Å². The summed E-state index contributed by atoms with van der Waals surface area (Å²) in [4.78, 5) is 14.6. The molecule has 0 N–H and O–H groups in total. The Hall–Kier alpha value is -2.83. The summed E-state index contributed by atoms with van der Waals surface area (Å²) < 4.78 is 10.1. The number of azo groups is 1. The van der Waals surface area contributed by atoms with Crippen LogP contribution in [-0.4, -0.2) is 31.0 Å². The number of nitrogens with zero attached hydrogens (tertiary/aromatic N) is 5. The van der Waals surface area contributed by atoms with Crippen molar-refractivity contribution in [3.8, 4) is 6.07 Å². The summed E-state index contributed by atoms with van der Waals surface area (Å²) in [6.07, 6.45) is 0. The van der Waals surface area contributed by atoms with Crippen LogP contribution >= 0.6 is 22.9 Å². The highest BCUT2D eigenvalue weighted by molar-refractivity contribution is 7.21. The second-order valence-electron chi connectivity index (χ2n) is 5.83. The molecule has 3 rings (SSSR count). The molecule has 0 aliphatic carbocycles. The highest BCUT2D eigenvalue weighted by Crippen LogP contribution is 2.40. The Kier molecular flexibility index (Phi) is 5.48. The SMILES string of the molecule is CCOC(=O)c1cc2c(N(C)C)ccc(N=Nc3snc(C)c3C#N)c2s1. The zero-order valence-corrected chi connectivity index (χ0v) is 16.9. The van der Waals surface area contributed by atoms with E-state index in [2.05, 4.69) is 20.7 Å². The summed E-state index contributed by atoms with van der Waals surface area (Å²) in [5, 5.41) is 19.2. The molecule has 0 aliphatic heterocycles. The lowest BCUT2D eigenvalue weighted by Crippen LogP contribution is -2.08. The third kappa shape index (κ3) is 3.67. The maximum absolute atomic E-state index is 12.2. The van der Waals surface area contributed by atoms with Gasteiger partial charge in [-0.05, 0) is 43.6 Å². The van der Waals surface area contributed by atoms with Crippen LogP contribution in [0.1, 0.15) is 27.9 Å². The van der Waals surface area contributed by atoms with Crippen LogP contribution in [0.3, 0.4) is 0 Å². The van der Waals surface area contributed by atoms with Crippen molar-refractivity contribution in [3.63, 3.8) is 0 Å². The normalized spacial score (nSPS) is 11.1. The summed E-state index contributed by atoms with van der Waals surface area (Å²) in [5.41, 5.74) is 2.68.